The van der Waals surface area contributed by atoms with Crippen LogP contribution in [-0.2, 0) is 16.0 Å². The summed E-state index contributed by atoms with van der Waals surface area (Å²) in [6, 6.07) is 7.75. The van der Waals surface area contributed by atoms with E-state index >= 15 is 0 Å². The van der Waals surface area contributed by atoms with Crippen molar-refractivity contribution in [2.24, 2.45) is 0 Å². The molecule has 2 N–H and O–H groups in total. The Hall–Kier alpha value is -1.59. The molecule has 0 spiro atoms. The van der Waals surface area contributed by atoms with Crippen molar-refractivity contribution in [2.45, 2.75) is 32.1 Å². The number of rotatable bonds is 7. The predicted molar refractivity (Wildman–Crippen MR) is 95.0 cm³/mol. The molecule has 128 valence electrons. The Bertz CT molecular complexity index is 499. The lowest BCUT2D eigenvalue weighted by Gasteiger charge is -2.15. The van der Waals surface area contributed by atoms with Gasteiger partial charge in [-0.05, 0) is 44.0 Å². The van der Waals surface area contributed by atoms with Crippen LogP contribution in [0.5, 0.6) is 0 Å². The average molecular weight is 340 g/mol. The van der Waals surface area contributed by atoms with Gasteiger partial charge >= 0.3 is 0 Å². The van der Waals surface area contributed by atoms with Gasteiger partial charge in [-0.25, -0.2) is 0 Å². The van der Waals surface area contributed by atoms with E-state index in [9.17, 15) is 9.59 Å². The number of hydrogen-bond acceptors (Lipinski definition) is 3. The zero-order chi connectivity index (χ0) is 15.8. The van der Waals surface area contributed by atoms with Crippen molar-refractivity contribution in [1.82, 2.24) is 10.2 Å². The molecule has 0 bridgehead atoms. The SMILES string of the molecule is CNCCC(=O)Nc1ccc(CCC(=O)N2CCCC2)cc1.Cl. The minimum Gasteiger partial charge on any atom is -0.343 e. The smallest absolute Gasteiger partial charge is 0.225 e. The second-order valence-electron chi connectivity index (χ2n) is 5.69. The molecular weight excluding hydrogens is 314 g/mol. The van der Waals surface area contributed by atoms with Crippen LogP contribution in [0, 0.1) is 0 Å². The fraction of sp³-hybridized carbons (Fsp3) is 0.529. The standard InChI is InChI=1S/C17H25N3O2.ClH/c1-18-11-10-16(21)19-15-7-4-14(5-8-15)6-9-17(22)20-12-2-3-13-20;/h4-5,7-8,18H,2-3,6,9-13H2,1H3,(H,19,21);1H. The van der Waals surface area contributed by atoms with E-state index in [1.807, 2.05) is 36.2 Å². The van der Waals surface area contributed by atoms with Crippen LogP contribution in [0.4, 0.5) is 5.69 Å². The van der Waals surface area contributed by atoms with Crippen molar-refractivity contribution in [2.75, 3.05) is 32.0 Å². The van der Waals surface area contributed by atoms with Crippen LogP contribution in [-0.4, -0.2) is 43.4 Å². The van der Waals surface area contributed by atoms with Gasteiger partial charge in [0.15, 0.2) is 0 Å². The number of halogens is 1. The number of hydrogen-bond donors (Lipinski definition) is 2. The Labute approximate surface area is 144 Å². The van der Waals surface area contributed by atoms with Gasteiger partial charge in [0, 0.05) is 38.2 Å². The zero-order valence-electron chi connectivity index (χ0n) is 13.6. The summed E-state index contributed by atoms with van der Waals surface area (Å²) >= 11 is 0. The maximum atomic E-state index is 12.0. The quantitative estimate of drug-likeness (QED) is 0.800. The molecule has 0 radical (unpaired) electrons. The Morgan fingerprint density at radius 2 is 1.74 bits per heavy atom. The third kappa shape index (κ3) is 6.59. The number of anilines is 1. The highest BCUT2D eigenvalue weighted by Crippen LogP contribution is 2.14. The van der Waals surface area contributed by atoms with Gasteiger partial charge in [0.2, 0.25) is 11.8 Å². The molecule has 1 saturated heterocycles. The molecule has 0 atom stereocenters. The molecule has 2 rings (SSSR count). The second-order valence-corrected chi connectivity index (χ2v) is 5.69. The van der Waals surface area contributed by atoms with E-state index in [2.05, 4.69) is 10.6 Å². The van der Waals surface area contributed by atoms with Crippen LogP contribution in [0.2, 0.25) is 0 Å². The van der Waals surface area contributed by atoms with Crippen LogP contribution in [0.25, 0.3) is 0 Å². The van der Waals surface area contributed by atoms with Crippen molar-refractivity contribution in [3.05, 3.63) is 29.8 Å². The van der Waals surface area contributed by atoms with Crippen LogP contribution in [0.3, 0.4) is 0 Å². The Morgan fingerprint density at radius 1 is 1.09 bits per heavy atom. The lowest BCUT2D eigenvalue weighted by atomic mass is 10.1. The molecule has 1 aromatic rings. The predicted octanol–water partition coefficient (Wildman–Crippen LogP) is 2.21. The van der Waals surface area contributed by atoms with Gasteiger partial charge in [0.05, 0.1) is 0 Å². The summed E-state index contributed by atoms with van der Waals surface area (Å²) in [7, 11) is 1.82. The van der Waals surface area contributed by atoms with Gasteiger partial charge in [0.1, 0.15) is 0 Å². The van der Waals surface area contributed by atoms with Gasteiger partial charge in [-0.3, -0.25) is 9.59 Å². The number of nitrogens with zero attached hydrogens (tertiary/aromatic N) is 1. The minimum absolute atomic E-state index is 0. The third-order valence-electron chi connectivity index (χ3n) is 3.93. The van der Waals surface area contributed by atoms with Crippen LogP contribution in [0.15, 0.2) is 24.3 Å². The molecular formula is C17H26ClN3O2. The highest BCUT2D eigenvalue weighted by Gasteiger charge is 2.17. The number of carbonyl (C=O) groups is 2. The van der Waals surface area contributed by atoms with E-state index in [4.69, 9.17) is 0 Å². The Morgan fingerprint density at radius 3 is 2.35 bits per heavy atom. The molecule has 23 heavy (non-hydrogen) atoms. The molecule has 0 aromatic heterocycles. The Kier molecular flexibility index (Phi) is 8.66. The van der Waals surface area contributed by atoms with Gasteiger partial charge in [-0.15, -0.1) is 12.4 Å². The maximum Gasteiger partial charge on any atom is 0.225 e. The van der Waals surface area contributed by atoms with E-state index in [-0.39, 0.29) is 24.2 Å². The van der Waals surface area contributed by atoms with Gasteiger partial charge in [-0.2, -0.15) is 0 Å². The second kappa shape index (κ2) is 10.2. The van der Waals surface area contributed by atoms with E-state index in [1.165, 1.54) is 0 Å². The molecule has 0 aliphatic carbocycles. The molecule has 0 saturated carbocycles. The number of carbonyl (C=O) groups excluding carboxylic acids is 2. The average Bonchev–Trinajstić information content (AvgIpc) is 3.06. The summed E-state index contributed by atoms with van der Waals surface area (Å²) in [5, 5.41) is 5.81. The first-order valence-corrected chi connectivity index (χ1v) is 8.00. The van der Waals surface area contributed by atoms with Crippen LogP contribution >= 0.6 is 12.4 Å². The van der Waals surface area contributed by atoms with Crippen molar-refractivity contribution in [3.8, 4) is 0 Å². The number of likely N-dealkylation sites (tertiary alicyclic amines) is 1. The Balaban J connectivity index is 0.00000264. The van der Waals surface area contributed by atoms with E-state index in [0.717, 1.165) is 43.6 Å². The monoisotopic (exact) mass is 339 g/mol. The molecule has 2 amide bonds. The summed E-state index contributed by atoms with van der Waals surface area (Å²) in [5.41, 5.74) is 1.93. The number of amides is 2. The summed E-state index contributed by atoms with van der Waals surface area (Å²) < 4.78 is 0. The number of aryl methyl sites for hydroxylation is 1. The van der Waals surface area contributed by atoms with Crippen molar-refractivity contribution < 1.29 is 9.59 Å². The van der Waals surface area contributed by atoms with Crippen molar-refractivity contribution in [3.63, 3.8) is 0 Å². The van der Waals surface area contributed by atoms with Crippen molar-refractivity contribution in [1.29, 1.82) is 0 Å². The summed E-state index contributed by atoms with van der Waals surface area (Å²) in [6.45, 7) is 2.50. The van der Waals surface area contributed by atoms with Gasteiger partial charge < -0.3 is 15.5 Å². The number of benzene rings is 1. The molecule has 6 heteroatoms. The molecule has 1 fully saturated rings. The van der Waals surface area contributed by atoms with Crippen LogP contribution in [0.1, 0.15) is 31.2 Å². The maximum absolute atomic E-state index is 12.0. The first kappa shape index (κ1) is 19.5. The first-order chi connectivity index (χ1) is 10.7. The topological polar surface area (TPSA) is 61.4 Å². The normalized spacial score (nSPS) is 13.5. The lowest BCUT2D eigenvalue weighted by Crippen LogP contribution is -2.27. The zero-order valence-corrected chi connectivity index (χ0v) is 14.5. The molecule has 1 aromatic carbocycles. The number of nitrogens with one attached hydrogen (secondary N) is 2. The highest BCUT2D eigenvalue weighted by atomic mass is 35.5. The molecule has 1 aliphatic heterocycles. The van der Waals surface area contributed by atoms with Gasteiger partial charge in [0.25, 0.3) is 0 Å². The highest BCUT2D eigenvalue weighted by molar-refractivity contribution is 5.90. The van der Waals surface area contributed by atoms with E-state index < -0.39 is 0 Å². The minimum atomic E-state index is 0. The molecule has 1 aliphatic rings. The fourth-order valence-electron chi connectivity index (χ4n) is 2.59. The van der Waals surface area contributed by atoms with E-state index in [0.29, 0.717) is 19.4 Å². The third-order valence-corrected chi connectivity index (χ3v) is 3.93. The van der Waals surface area contributed by atoms with Crippen LogP contribution < -0.4 is 10.6 Å². The molecule has 0 unspecified atom stereocenters. The summed E-state index contributed by atoms with van der Waals surface area (Å²) in [4.78, 5) is 25.6. The summed E-state index contributed by atoms with van der Waals surface area (Å²) in [5.74, 6) is 0.258. The largest absolute Gasteiger partial charge is 0.343 e. The molecule has 5 nitrogen and oxygen atoms in total. The first-order valence-electron chi connectivity index (χ1n) is 8.00. The van der Waals surface area contributed by atoms with E-state index in [1.54, 1.807) is 0 Å². The summed E-state index contributed by atoms with van der Waals surface area (Å²) in [6.07, 6.45) is 4.04. The fourth-order valence-corrected chi connectivity index (χ4v) is 2.59. The van der Waals surface area contributed by atoms with Gasteiger partial charge in [-0.1, -0.05) is 12.1 Å². The lowest BCUT2D eigenvalue weighted by molar-refractivity contribution is -0.130. The molecule has 1 heterocycles. The van der Waals surface area contributed by atoms with Crippen molar-refractivity contribution >= 4 is 29.9 Å².